The van der Waals surface area contributed by atoms with Crippen LogP contribution in [0.5, 0.6) is 5.75 Å². The largest absolute Gasteiger partial charge is 0.497 e. The minimum atomic E-state index is -0.304. The van der Waals surface area contributed by atoms with Gasteiger partial charge in [-0.05, 0) is 60.2 Å². The average Bonchev–Trinajstić information content (AvgIpc) is 3.31. The molecule has 0 bridgehead atoms. The number of nitrogens with one attached hydrogen (secondary N) is 2. The third-order valence-corrected chi connectivity index (χ3v) is 6.49. The number of ether oxygens (including phenoxy) is 1. The monoisotopic (exact) mass is 533 g/mol. The Labute approximate surface area is 232 Å². The van der Waals surface area contributed by atoms with Gasteiger partial charge < -0.3 is 20.3 Å². The molecule has 3 amide bonds. The molecule has 1 aromatic heterocycles. The fourth-order valence-electron chi connectivity index (χ4n) is 3.93. The Balaban J connectivity index is 1.80. The van der Waals surface area contributed by atoms with E-state index >= 15 is 0 Å². The van der Waals surface area contributed by atoms with Crippen molar-refractivity contribution in [2.45, 2.75) is 66.2 Å². The molecule has 2 aromatic carbocycles. The van der Waals surface area contributed by atoms with Crippen LogP contribution in [0, 0.1) is 5.92 Å². The Kier molecular flexibility index (Phi) is 9.78. The molecule has 0 saturated heterocycles. The van der Waals surface area contributed by atoms with Crippen LogP contribution in [0.1, 0.15) is 72.1 Å². The van der Waals surface area contributed by atoms with Gasteiger partial charge in [0.2, 0.25) is 5.91 Å². The lowest BCUT2D eigenvalue weighted by Gasteiger charge is -2.23. The molecule has 8 heteroatoms. The van der Waals surface area contributed by atoms with E-state index in [1.807, 2.05) is 54.6 Å². The van der Waals surface area contributed by atoms with E-state index < -0.39 is 0 Å². The Bertz CT molecular complexity index is 1240. The number of hydrogen-bond donors (Lipinski definition) is 2. The number of aromatic nitrogens is 2. The van der Waals surface area contributed by atoms with E-state index in [-0.39, 0.29) is 23.9 Å². The first-order valence-corrected chi connectivity index (χ1v) is 13.6. The summed E-state index contributed by atoms with van der Waals surface area (Å²) in [6.07, 6.45) is 0.783. The van der Waals surface area contributed by atoms with Gasteiger partial charge in [0, 0.05) is 23.7 Å². The second-order valence-corrected chi connectivity index (χ2v) is 11.6. The van der Waals surface area contributed by atoms with E-state index in [9.17, 15) is 9.59 Å². The maximum absolute atomic E-state index is 13.3. The highest BCUT2D eigenvalue weighted by molar-refractivity contribution is 5.96. The summed E-state index contributed by atoms with van der Waals surface area (Å²) in [4.78, 5) is 28.1. The molecule has 0 aliphatic carbocycles. The number of anilines is 2. The standard InChI is InChI=1S/C31H43N5O3/c1-21(2)17-18-35(30(38)32-24-11-9-23(10-12-24)22(3)4)20-29(37)33-28-19-27(31(5,6)7)34-36(28)25-13-15-26(39-8)16-14-25/h9-16,19,21-22H,17-18,20H2,1-8H3,(H,32,38)(H,33,37). The summed E-state index contributed by atoms with van der Waals surface area (Å²) < 4.78 is 7.00. The van der Waals surface area contributed by atoms with Crippen molar-refractivity contribution in [2.24, 2.45) is 5.92 Å². The lowest BCUT2D eigenvalue weighted by molar-refractivity contribution is -0.116. The fourth-order valence-corrected chi connectivity index (χ4v) is 3.93. The molecule has 2 N–H and O–H groups in total. The normalized spacial score (nSPS) is 11.5. The average molecular weight is 534 g/mol. The van der Waals surface area contributed by atoms with Crippen molar-refractivity contribution in [3.8, 4) is 11.4 Å². The molecule has 0 aliphatic heterocycles. The number of nitrogens with zero attached hydrogens (tertiary/aromatic N) is 3. The lowest BCUT2D eigenvalue weighted by atomic mass is 9.92. The third-order valence-electron chi connectivity index (χ3n) is 6.49. The van der Waals surface area contributed by atoms with Crippen molar-refractivity contribution in [3.63, 3.8) is 0 Å². The van der Waals surface area contributed by atoms with Gasteiger partial charge in [0.05, 0.1) is 18.5 Å². The Morgan fingerprint density at radius 1 is 0.974 bits per heavy atom. The number of rotatable bonds is 10. The fraction of sp³-hybridized carbons (Fsp3) is 0.452. The molecule has 0 atom stereocenters. The van der Waals surface area contributed by atoms with Gasteiger partial charge in [0.15, 0.2) is 0 Å². The molecule has 1 heterocycles. The summed E-state index contributed by atoms with van der Waals surface area (Å²) >= 11 is 0. The quantitative estimate of drug-likeness (QED) is 0.299. The van der Waals surface area contributed by atoms with Crippen molar-refractivity contribution in [3.05, 3.63) is 65.9 Å². The summed E-state index contributed by atoms with van der Waals surface area (Å²) in [7, 11) is 1.62. The third kappa shape index (κ3) is 8.34. The zero-order valence-electron chi connectivity index (χ0n) is 24.5. The summed E-state index contributed by atoms with van der Waals surface area (Å²) in [6, 6.07) is 16.9. The van der Waals surface area contributed by atoms with Crippen molar-refractivity contribution in [2.75, 3.05) is 30.8 Å². The summed E-state index contributed by atoms with van der Waals surface area (Å²) in [6.45, 7) is 15.1. The van der Waals surface area contributed by atoms with Gasteiger partial charge in [-0.2, -0.15) is 5.10 Å². The molecule has 3 rings (SSSR count). The summed E-state index contributed by atoms with van der Waals surface area (Å²) in [5.41, 5.74) is 3.32. The van der Waals surface area contributed by atoms with E-state index in [1.54, 1.807) is 16.7 Å². The van der Waals surface area contributed by atoms with E-state index in [1.165, 1.54) is 5.56 Å². The van der Waals surface area contributed by atoms with Crippen LogP contribution >= 0.6 is 0 Å². The molecule has 0 unspecified atom stereocenters. The van der Waals surface area contributed by atoms with Gasteiger partial charge in [-0.15, -0.1) is 0 Å². The zero-order chi connectivity index (χ0) is 28.7. The molecule has 3 aromatic rings. The number of urea groups is 1. The number of benzene rings is 2. The molecular weight excluding hydrogens is 490 g/mol. The predicted octanol–water partition coefficient (Wildman–Crippen LogP) is 6.82. The van der Waals surface area contributed by atoms with Gasteiger partial charge in [-0.3, -0.25) is 4.79 Å². The molecule has 0 spiro atoms. The SMILES string of the molecule is COc1ccc(-n2nc(C(C)(C)C)cc2NC(=O)CN(CCC(C)C)C(=O)Nc2ccc(C(C)C)cc2)cc1. The van der Waals surface area contributed by atoms with Crippen LogP contribution in [0.25, 0.3) is 5.69 Å². The Morgan fingerprint density at radius 3 is 2.15 bits per heavy atom. The molecule has 39 heavy (non-hydrogen) atoms. The first-order valence-electron chi connectivity index (χ1n) is 13.6. The van der Waals surface area contributed by atoms with Crippen molar-refractivity contribution in [1.82, 2.24) is 14.7 Å². The van der Waals surface area contributed by atoms with Crippen molar-refractivity contribution in [1.29, 1.82) is 0 Å². The van der Waals surface area contributed by atoms with E-state index in [4.69, 9.17) is 9.84 Å². The Hall–Kier alpha value is -3.81. The van der Waals surface area contributed by atoms with Gasteiger partial charge in [0.1, 0.15) is 18.1 Å². The van der Waals surface area contributed by atoms with Crippen LogP contribution in [-0.2, 0) is 10.2 Å². The highest BCUT2D eigenvalue weighted by atomic mass is 16.5. The number of carbonyl (C=O) groups excluding carboxylic acids is 2. The van der Waals surface area contributed by atoms with E-state index in [0.717, 1.165) is 23.6 Å². The first-order chi connectivity index (χ1) is 18.4. The number of hydrogen-bond acceptors (Lipinski definition) is 4. The maximum Gasteiger partial charge on any atom is 0.322 e. The van der Waals surface area contributed by atoms with Crippen molar-refractivity contribution >= 4 is 23.4 Å². The minimum absolute atomic E-state index is 0.0821. The van der Waals surface area contributed by atoms with E-state index in [2.05, 4.69) is 59.1 Å². The number of amides is 3. The molecule has 0 saturated carbocycles. The Morgan fingerprint density at radius 2 is 1.62 bits per heavy atom. The summed E-state index contributed by atoms with van der Waals surface area (Å²) in [5, 5.41) is 10.7. The van der Waals surface area contributed by atoms with Crippen LogP contribution in [-0.4, -0.2) is 46.8 Å². The van der Waals surface area contributed by atoms with Gasteiger partial charge in [-0.25, -0.2) is 9.48 Å². The zero-order valence-corrected chi connectivity index (χ0v) is 24.5. The predicted molar refractivity (Wildman–Crippen MR) is 158 cm³/mol. The highest BCUT2D eigenvalue weighted by Crippen LogP contribution is 2.27. The van der Waals surface area contributed by atoms with Crippen molar-refractivity contribution < 1.29 is 14.3 Å². The van der Waals surface area contributed by atoms with Gasteiger partial charge in [-0.1, -0.05) is 60.6 Å². The van der Waals surface area contributed by atoms with Gasteiger partial charge in [0.25, 0.3) is 0 Å². The minimum Gasteiger partial charge on any atom is -0.497 e. The molecule has 8 nitrogen and oxygen atoms in total. The number of methoxy groups -OCH3 is 1. The van der Waals surface area contributed by atoms with Gasteiger partial charge >= 0.3 is 6.03 Å². The molecule has 0 radical (unpaired) electrons. The van der Waals surface area contributed by atoms with E-state index in [0.29, 0.717) is 29.9 Å². The molecule has 0 fully saturated rings. The van der Waals surface area contributed by atoms with Crippen LogP contribution in [0.4, 0.5) is 16.3 Å². The molecule has 0 aliphatic rings. The lowest BCUT2D eigenvalue weighted by Crippen LogP contribution is -2.41. The highest BCUT2D eigenvalue weighted by Gasteiger charge is 2.23. The van der Waals surface area contributed by atoms with Crippen LogP contribution in [0.15, 0.2) is 54.6 Å². The first kappa shape index (κ1) is 29.7. The van der Waals surface area contributed by atoms with Crippen LogP contribution < -0.4 is 15.4 Å². The topological polar surface area (TPSA) is 88.5 Å². The summed E-state index contributed by atoms with van der Waals surface area (Å²) in [5.74, 6) is 1.78. The van der Waals surface area contributed by atoms with Crippen LogP contribution in [0.2, 0.25) is 0 Å². The maximum atomic E-state index is 13.3. The molecular formula is C31H43N5O3. The molecule has 210 valence electrons. The second-order valence-electron chi connectivity index (χ2n) is 11.6. The number of carbonyl (C=O) groups is 2. The smallest absolute Gasteiger partial charge is 0.322 e. The van der Waals surface area contributed by atoms with Crippen LogP contribution in [0.3, 0.4) is 0 Å². The second kappa shape index (κ2) is 12.8.